The molecule has 2 aliphatic rings. The molecule has 1 amide bonds. The van der Waals surface area contributed by atoms with Crippen LogP contribution in [0.3, 0.4) is 0 Å². The summed E-state index contributed by atoms with van der Waals surface area (Å²) in [6, 6.07) is 10.1. The Bertz CT molecular complexity index is 1110. The Labute approximate surface area is 205 Å². The number of nitrogens with zero attached hydrogens (tertiary/aromatic N) is 4. The predicted octanol–water partition coefficient (Wildman–Crippen LogP) is 4.65. The van der Waals surface area contributed by atoms with Gasteiger partial charge in [0, 0.05) is 50.3 Å². The van der Waals surface area contributed by atoms with Crippen LogP contribution in [0, 0.1) is 5.92 Å². The van der Waals surface area contributed by atoms with Crippen molar-refractivity contribution in [2.75, 3.05) is 56.2 Å². The lowest BCUT2D eigenvalue weighted by Crippen LogP contribution is -2.36. The van der Waals surface area contributed by atoms with E-state index in [1.165, 1.54) is 44.2 Å². The number of piperidine rings is 1. The summed E-state index contributed by atoms with van der Waals surface area (Å²) in [7, 11) is 0. The van der Waals surface area contributed by atoms with Crippen LogP contribution in [0.4, 0.5) is 10.9 Å². The molecule has 3 aromatic rings. The maximum Gasteiger partial charge on any atom is 0.226 e. The van der Waals surface area contributed by atoms with Crippen molar-refractivity contribution in [2.24, 2.45) is 5.92 Å². The van der Waals surface area contributed by atoms with Gasteiger partial charge in [0.25, 0.3) is 0 Å². The van der Waals surface area contributed by atoms with Crippen molar-refractivity contribution in [1.82, 2.24) is 14.9 Å². The number of carbonyl (C=O) groups excluding carboxylic acids is 1. The molecule has 2 aliphatic heterocycles. The number of nitrogens with one attached hydrogen (secondary N) is 1. The zero-order valence-corrected chi connectivity index (χ0v) is 20.6. The van der Waals surface area contributed by atoms with E-state index in [0.717, 1.165) is 78.0 Å². The van der Waals surface area contributed by atoms with Crippen LogP contribution in [0.1, 0.15) is 32.6 Å². The minimum Gasteiger partial charge on any atom is -0.380 e. The van der Waals surface area contributed by atoms with Gasteiger partial charge in [0.1, 0.15) is 9.83 Å². The Hall–Kier alpha value is -2.55. The van der Waals surface area contributed by atoms with E-state index in [1.54, 1.807) is 0 Å². The summed E-state index contributed by atoms with van der Waals surface area (Å²) in [4.78, 5) is 27.1. The first kappa shape index (κ1) is 23.2. The second kappa shape index (κ2) is 10.8. The molecule has 34 heavy (non-hydrogen) atoms. The number of likely N-dealkylation sites (tertiary alicyclic amines) is 1. The highest BCUT2D eigenvalue weighted by molar-refractivity contribution is 7.23. The van der Waals surface area contributed by atoms with Crippen LogP contribution in [0.15, 0.2) is 36.5 Å². The maximum atomic E-state index is 11.8. The first-order valence-electron chi connectivity index (χ1n) is 12.3. The van der Waals surface area contributed by atoms with Crippen LogP contribution in [0.25, 0.3) is 21.3 Å². The van der Waals surface area contributed by atoms with Gasteiger partial charge in [-0.2, -0.15) is 0 Å². The lowest BCUT2D eigenvalue weighted by atomic mass is 9.98. The molecule has 0 aliphatic carbocycles. The number of rotatable bonds is 8. The number of benzene rings is 1. The van der Waals surface area contributed by atoms with Gasteiger partial charge in [-0.05, 0) is 50.3 Å². The molecular weight excluding hydrogens is 446 g/mol. The van der Waals surface area contributed by atoms with E-state index < -0.39 is 0 Å². The molecule has 2 fully saturated rings. The van der Waals surface area contributed by atoms with Crippen molar-refractivity contribution in [1.29, 1.82) is 0 Å². The maximum absolute atomic E-state index is 11.8. The molecule has 0 saturated carbocycles. The van der Waals surface area contributed by atoms with Crippen LogP contribution >= 0.6 is 11.3 Å². The van der Waals surface area contributed by atoms with Crippen LogP contribution in [0.5, 0.6) is 0 Å². The van der Waals surface area contributed by atoms with E-state index in [2.05, 4.69) is 27.2 Å². The number of aromatic nitrogens is 2. The van der Waals surface area contributed by atoms with Crippen LogP contribution in [-0.2, 0) is 9.53 Å². The van der Waals surface area contributed by atoms with Crippen LogP contribution < -0.4 is 10.2 Å². The quantitative estimate of drug-likeness (QED) is 0.475. The molecule has 4 heterocycles. The topological polar surface area (TPSA) is 70.6 Å². The summed E-state index contributed by atoms with van der Waals surface area (Å²) in [5.41, 5.74) is 2.05. The van der Waals surface area contributed by atoms with Gasteiger partial charge < -0.3 is 19.9 Å². The molecule has 1 aromatic carbocycles. The first-order valence-corrected chi connectivity index (χ1v) is 13.2. The van der Waals surface area contributed by atoms with Gasteiger partial charge >= 0.3 is 0 Å². The molecule has 0 radical (unpaired) electrons. The normalized spacial score (nSPS) is 17.5. The molecule has 2 saturated heterocycles. The molecule has 2 aromatic heterocycles. The number of hydrogen-bond acceptors (Lipinski definition) is 7. The monoisotopic (exact) mass is 479 g/mol. The minimum atomic E-state index is -0.0818. The lowest BCUT2D eigenvalue weighted by Gasteiger charge is -2.31. The summed E-state index contributed by atoms with van der Waals surface area (Å²) < 4.78 is 6.00. The van der Waals surface area contributed by atoms with Crippen molar-refractivity contribution in [3.05, 3.63) is 36.5 Å². The molecular formula is C26H33N5O2S. The molecule has 0 unspecified atom stereocenters. The van der Waals surface area contributed by atoms with Gasteiger partial charge in [0.2, 0.25) is 11.9 Å². The molecule has 8 heteroatoms. The third kappa shape index (κ3) is 5.40. The van der Waals surface area contributed by atoms with Gasteiger partial charge in [-0.15, -0.1) is 0 Å². The molecule has 0 atom stereocenters. The van der Waals surface area contributed by atoms with Gasteiger partial charge in [-0.1, -0.05) is 41.7 Å². The summed E-state index contributed by atoms with van der Waals surface area (Å²) in [6.07, 6.45) is 6.78. The van der Waals surface area contributed by atoms with Crippen molar-refractivity contribution in [2.45, 2.75) is 32.6 Å². The predicted molar refractivity (Wildman–Crippen MR) is 139 cm³/mol. The Balaban J connectivity index is 1.23. The molecule has 5 rings (SSSR count). The Morgan fingerprint density at radius 2 is 1.91 bits per heavy atom. The van der Waals surface area contributed by atoms with Crippen LogP contribution in [-0.4, -0.2) is 66.7 Å². The highest BCUT2D eigenvalue weighted by atomic mass is 32.1. The number of carbonyl (C=O) groups is 1. The summed E-state index contributed by atoms with van der Waals surface area (Å²) in [5.74, 6) is 1.30. The molecule has 180 valence electrons. The second-order valence-electron chi connectivity index (χ2n) is 9.30. The SMILES string of the molecule is CC(=O)Nc1sc2nc(N3CCC(COCCN4CCCC4)CC3)ncc2c1-c1ccccc1. The molecule has 7 nitrogen and oxygen atoms in total. The van der Waals surface area contributed by atoms with E-state index in [-0.39, 0.29) is 5.91 Å². The third-order valence-corrected chi connectivity index (χ3v) is 7.80. The summed E-state index contributed by atoms with van der Waals surface area (Å²) in [6.45, 7) is 8.66. The zero-order valence-electron chi connectivity index (χ0n) is 19.8. The standard InChI is InChI=1S/C26H33N5O2S/c1-19(32)28-25-23(21-7-3-2-4-8-21)22-17-27-26(29-24(22)34-25)31-13-9-20(10-14-31)18-33-16-15-30-11-5-6-12-30/h2-4,7-8,17,20H,5-6,9-16,18H2,1H3,(H,28,32). The van der Waals surface area contributed by atoms with Gasteiger partial charge in [0.05, 0.1) is 6.61 Å². The highest BCUT2D eigenvalue weighted by Gasteiger charge is 2.23. The fraction of sp³-hybridized carbons (Fsp3) is 0.500. The number of hydrogen-bond donors (Lipinski definition) is 1. The number of amides is 1. The van der Waals surface area contributed by atoms with E-state index >= 15 is 0 Å². The van der Waals surface area contributed by atoms with Crippen molar-refractivity contribution in [3.8, 4) is 11.1 Å². The van der Waals surface area contributed by atoms with E-state index in [4.69, 9.17) is 14.7 Å². The van der Waals surface area contributed by atoms with Crippen molar-refractivity contribution < 1.29 is 9.53 Å². The zero-order chi connectivity index (χ0) is 23.3. The Morgan fingerprint density at radius 1 is 1.15 bits per heavy atom. The molecule has 0 spiro atoms. The van der Waals surface area contributed by atoms with Crippen LogP contribution in [0.2, 0.25) is 0 Å². The average molecular weight is 480 g/mol. The first-order chi connectivity index (χ1) is 16.7. The number of anilines is 2. The van der Waals surface area contributed by atoms with E-state index in [0.29, 0.717) is 5.92 Å². The highest BCUT2D eigenvalue weighted by Crippen LogP contribution is 2.42. The van der Waals surface area contributed by atoms with Gasteiger partial charge in [-0.3, -0.25) is 4.79 Å². The van der Waals surface area contributed by atoms with Gasteiger partial charge in [0.15, 0.2) is 0 Å². The molecule has 1 N–H and O–H groups in total. The summed E-state index contributed by atoms with van der Waals surface area (Å²) in [5, 5.41) is 4.79. The van der Waals surface area contributed by atoms with E-state index in [1.807, 2.05) is 24.4 Å². The Morgan fingerprint density at radius 3 is 2.65 bits per heavy atom. The fourth-order valence-corrected chi connectivity index (χ4v) is 6.03. The second-order valence-corrected chi connectivity index (χ2v) is 10.3. The number of fused-ring (bicyclic) bond motifs is 1. The lowest BCUT2D eigenvalue weighted by molar-refractivity contribution is -0.114. The average Bonchev–Trinajstić information content (AvgIpc) is 3.49. The third-order valence-electron chi connectivity index (χ3n) is 6.79. The Kier molecular flexibility index (Phi) is 7.37. The fourth-order valence-electron chi connectivity index (χ4n) is 4.92. The molecule has 0 bridgehead atoms. The summed E-state index contributed by atoms with van der Waals surface area (Å²) >= 11 is 1.52. The van der Waals surface area contributed by atoms with E-state index in [9.17, 15) is 4.79 Å². The van der Waals surface area contributed by atoms with Gasteiger partial charge in [-0.25, -0.2) is 9.97 Å². The number of thiophene rings is 1. The largest absolute Gasteiger partial charge is 0.380 e. The smallest absolute Gasteiger partial charge is 0.226 e. The number of ether oxygens (including phenoxy) is 1. The van der Waals surface area contributed by atoms with Crippen molar-refractivity contribution >= 4 is 38.4 Å². The van der Waals surface area contributed by atoms with Crippen molar-refractivity contribution in [3.63, 3.8) is 0 Å². The minimum absolute atomic E-state index is 0.0818.